The number of fused-ring (bicyclic) bond motifs is 3. The van der Waals surface area contributed by atoms with Gasteiger partial charge in [0.2, 0.25) is 0 Å². The lowest BCUT2D eigenvalue weighted by Crippen LogP contribution is -2.60. The molecule has 6 aliphatic heterocycles. The van der Waals surface area contributed by atoms with Crippen LogP contribution in [0.2, 0.25) is 64.0 Å². The van der Waals surface area contributed by atoms with Crippen LogP contribution < -0.4 is 0 Å². The summed E-state index contributed by atoms with van der Waals surface area (Å²) in [7, 11) is -9.78. The zero-order valence-electron chi connectivity index (χ0n) is 27.6. The first-order valence-corrected chi connectivity index (χ1v) is 28.1. The molecule has 6 fully saturated rings. The summed E-state index contributed by atoms with van der Waals surface area (Å²) >= 11 is 0. The van der Waals surface area contributed by atoms with Crippen molar-refractivity contribution < 1.29 is 55.0 Å². The molecular formula is C28H54O12Si4. The van der Waals surface area contributed by atoms with E-state index in [-0.39, 0.29) is 55.5 Å². The van der Waals surface area contributed by atoms with Crippen molar-refractivity contribution in [2.75, 3.05) is 39.6 Å². The van der Waals surface area contributed by atoms with Gasteiger partial charge in [-0.25, -0.2) is 0 Å². The molecule has 0 spiro atoms. The topological polar surface area (TPSA) is 121 Å². The number of epoxide rings is 3. The van der Waals surface area contributed by atoms with Gasteiger partial charge in [0.1, 0.15) is 36.6 Å². The van der Waals surface area contributed by atoms with E-state index in [1.165, 1.54) is 0 Å². The standard InChI is InChI=1S/C28H54O12Si4/c1-41(2,11-8-26-29-14-20-21(35-20)15-30-26)38-44(7,39-42(3,4)12-9-27-31-16-22-23(36-22)17-32-27)40-43(5,6)13-10-28-33-18-24-25(37-24)19-34-28/h20-28H,8-19H2,1-7H3. The fourth-order valence-corrected chi connectivity index (χ4v) is 24.1. The second-order valence-corrected chi connectivity index (χ2v) is 31.2. The zero-order valence-corrected chi connectivity index (χ0v) is 31.6. The molecule has 6 unspecified atom stereocenters. The van der Waals surface area contributed by atoms with E-state index >= 15 is 0 Å². The van der Waals surface area contributed by atoms with Gasteiger partial charge in [0.15, 0.2) is 43.8 Å². The minimum absolute atomic E-state index is 0.194. The molecule has 0 aliphatic carbocycles. The van der Waals surface area contributed by atoms with Gasteiger partial charge < -0.3 is 55.0 Å². The van der Waals surface area contributed by atoms with E-state index in [9.17, 15) is 0 Å². The summed E-state index contributed by atoms with van der Waals surface area (Å²) in [6, 6.07) is 2.65. The second kappa shape index (κ2) is 13.7. The van der Waals surface area contributed by atoms with E-state index in [0.29, 0.717) is 39.6 Å². The van der Waals surface area contributed by atoms with E-state index in [1.807, 2.05) is 0 Å². The number of rotatable bonds is 15. The van der Waals surface area contributed by atoms with Crippen molar-refractivity contribution in [3.05, 3.63) is 0 Å². The molecule has 44 heavy (non-hydrogen) atoms. The Hall–Kier alpha value is 0.388. The van der Waals surface area contributed by atoms with Crippen molar-refractivity contribution in [1.82, 2.24) is 0 Å². The van der Waals surface area contributed by atoms with Crippen molar-refractivity contribution in [1.29, 1.82) is 0 Å². The van der Waals surface area contributed by atoms with Gasteiger partial charge in [0, 0.05) is 6.55 Å². The predicted molar refractivity (Wildman–Crippen MR) is 169 cm³/mol. The van der Waals surface area contributed by atoms with Crippen molar-refractivity contribution in [3.63, 3.8) is 0 Å². The lowest BCUT2D eigenvalue weighted by molar-refractivity contribution is -0.144. The van der Waals surface area contributed by atoms with E-state index in [4.69, 9.17) is 55.0 Å². The minimum Gasteiger partial charge on any atom is -0.417 e. The average molecular weight is 695 g/mol. The summed E-state index contributed by atoms with van der Waals surface area (Å²) in [6.45, 7) is 19.2. The summed E-state index contributed by atoms with van der Waals surface area (Å²) in [5.41, 5.74) is 0. The Bertz CT molecular complexity index is 822. The first-order valence-electron chi connectivity index (χ1n) is 16.5. The molecule has 0 radical (unpaired) electrons. The number of hydrogen-bond acceptors (Lipinski definition) is 12. The average Bonchev–Trinajstić information content (AvgIpc) is 3.75. The monoisotopic (exact) mass is 694 g/mol. The molecular weight excluding hydrogens is 641 g/mol. The summed E-state index contributed by atoms with van der Waals surface area (Å²) in [4.78, 5) is 0. The Balaban J connectivity index is 1.06. The van der Waals surface area contributed by atoms with Crippen molar-refractivity contribution >= 4 is 33.8 Å². The van der Waals surface area contributed by atoms with Crippen LogP contribution in [-0.4, -0.2) is 129 Å². The largest absolute Gasteiger partial charge is 0.466 e. The fraction of sp³-hybridized carbons (Fsp3) is 1.00. The van der Waals surface area contributed by atoms with Crippen LogP contribution in [0.1, 0.15) is 19.3 Å². The molecule has 0 saturated carbocycles. The van der Waals surface area contributed by atoms with Crippen molar-refractivity contribution in [2.45, 2.75) is 139 Å². The van der Waals surface area contributed by atoms with Gasteiger partial charge in [0.05, 0.1) is 39.6 Å². The van der Waals surface area contributed by atoms with E-state index in [2.05, 4.69) is 45.8 Å². The van der Waals surface area contributed by atoms with Gasteiger partial charge in [-0.1, -0.05) is 0 Å². The third-order valence-corrected chi connectivity index (χ3v) is 24.6. The Morgan fingerprint density at radius 1 is 0.409 bits per heavy atom. The minimum atomic E-state index is -3.08. The molecule has 6 saturated heterocycles. The predicted octanol–water partition coefficient (Wildman–Crippen LogP) is 3.81. The summed E-state index contributed by atoms with van der Waals surface area (Å²) in [5, 5.41) is 0. The highest BCUT2D eigenvalue weighted by atomic mass is 28.5. The summed E-state index contributed by atoms with van der Waals surface area (Å²) in [6.07, 6.45) is 2.85. The Labute approximate surface area is 266 Å². The molecule has 6 rings (SSSR count). The number of hydrogen-bond donors (Lipinski definition) is 0. The zero-order chi connectivity index (χ0) is 31.2. The molecule has 0 bridgehead atoms. The summed E-state index contributed by atoms with van der Waals surface area (Å²) < 4.78 is 73.8. The van der Waals surface area contributed by atoms with Gasteiger partial charge in [-0.05, 0) is 76.7 Å². The van der Waals surface area contributed by atoms with Crippen LogP contribution in [0.5, 0.6) is 0 Å². The van der Waals surface area contributed by atoms with Crippen LogP contribution in [0.4, 0.5) is 0 Å². The van der Waals surface area contributed by atoms with Gasteiger partial charge in [-0.15, -0.1) is 0 Å². The Morgan fingerprint density at radius 3 is 0.864 bits per heavy atom. The third-order valence-electron chi connectivity index (χ3n) is 9.07. The van der Waals surface area contributed by atoms with Crippen molar-refractivity contribution in [3.8, 4) is 0 Å². The SMILES string of the molecule is C[Si](C)(CCC1OCC2OC2CO1)O[Si](C)(O[Si](C)(C)CCC1OCC2OC2CO1)O[Si](C)(C)CCC1OCC2OC2CO1. The van der Waals surface area contributed by atoms with Gasteiger partial charge in [-0.3, -0.25) is 0 Å². The molecule has 0 N–H and O–H groups in total. The molecule has 0 aromatic carbocycles. The maximum absolute atomic E-state index is 7.12. The van der Waals surface area contributed by atoms with Crippen molar-refractivity contribution in [2.24, 2.45) is 0 Å². The highest BCUT2D eigenvalue weighted by molar-refractivity contribution is 6.90. The van der Waals surface area contributed by atoms with Crippen LogP contribution in [0.3, 0.4) is 0 Å². The molecule has 16 heteroatoms. The lowest BCUT2D eigenvalue weighted by Gasteiger charge is -2.43. The maximum Gasteiger partial charge on any atom is 0.466 e. The number of ether oxygens (including phenoxy) is 9. The molecule has 0 amide bonds. The van der Waals surface area contributed by atoms with Crippen LogP contribution in [0.15, 0.2) is 0 Å². The molecule has 0 aromatic rings. The quantitative estimate of drug-likeness (QED) is 0.183. The van der Waals surface area contributed by atoms with Gasteiger partial charge in [-0.2, -0.15) is 0 Å². The van der Waals surface area contributed by atoms with Gasteiger partial charge in [0.25, 0.3) is 0 Å². The first-order chi connectivity index (χ1) is 20.8. The Morgan fingerprint density at radius 2 is 0.636 bits per heavy atom. The first kappa shape index (κ1) is 34.3. The second-order valence-electron chi connectivity index (χ2n) is 15.0. The fourth-order valence-electron chi connectivity index (χ4n) is 6.39. The smallest absolute Gasteiger partial charge is 0.417 e. The lowest BCUT2D eigenvalue weighted by atomic mass is 10.3. The highest BCUT2D eigenvalue weighted by Crippen LogP contribution is 2.35. The highest BCUT2D eigenvalue weighted by Gasteiger charge is 2.50. The van der Waals surface area contributed by atoms with E-state index < -0.39 is 33.8 Å². The molecule has 12 nitrogen and oxygen atoms in total. The maximum atomic E-state index is 7.12. The van der Waals surface area contributed by atoms with Crippen LogP contribution in [0, 0.1) is 0 Å². The molecule has 6 aliphatic rings. The summed E-state index contributed by atoms with van der Waals surface area (Å²) in [5.74, 6) is 0. The van der Waals surface area contributed by atoms with Gasteiger partial charge >= 0.3 is 8.80 Å². The normalized spacial score (nSPS) is 38.7. The third kappa shape index (κ3) is 10.2. The van der Waals surface area contributed by atoms with Crippen LogP contribution in [-0.2, 0) is 55.0 Å². The molecule has 254 valence electrons. The molecule has 6 heterocycles. The Kier molecular flexibility index (Phi) is 10.7. The van der Waals surface area contributed by atoms with E-state index in [0.717, 1.165) is 37.4 Å². The van der Waals surface area contributed by atoms with E-state index in [1.54, 1.807) is 0 Å². The van der Waals surface area contributed by atoms with Crippen LogP contribution in [0.25, 0.3) is 0 Å². The molecule has 0 aromatic heterocycles. The molecule has 6 atom stereocenters. The van der Waals surface area contributed by atoms with Crippen LogP contribution >= 0.6 is 0 Å².